The highest BCUT2D eigenvalue weighted by Crippen LogP contribution is 2.26. The summed E-state index contributed by atoms with van der Waals surface area (Å²) in [6.45, 7) is 2.41. The summed E-state index contributed by atoms with van der Waals surface area (Å²) < 4.78 is 5.71. The predicted octanol–water partition coefficient (Wildman–Crippen LogP) is 3.07. The lowest BCUT2D eigenvalue weighted by molar-refractivity contribution is -0.117. The summed E-state index contributed by atoms with van der Waals surface area (Å²) in [7, 11) is 0. The van der Waals surface area contributed by atoms with Crippen molar-refractivity contribution in [2.24, 2.45) is 0 Å². The zero-order chi connectivity index (χ0) is 17.6. The van der Waals surface area contributed by atoms with Crippen molar-refractivity contribution in [2.75, 3.05) is 17.2 Å². The molecule has 0 saturated heterocycles. The Morgan fingerprint density at radius 3 is 2.96 bits per heavy atom. The molecule has 1 aliphatic rings. The Kier molecular flexibility index (Phi) is 5.28. The zero-order valence-corrected chi connectivity index (χ0v) is 14.2. The van der Waals surface area contributed by atoms with E-state index in [1.807, 2.05) is 31.2 Å². The van der Waals surface area contributed by atoms with Crippen LogP contribution in [0, 0.1) is 6.92 Å². The number of rotatable bonds is 6. The Balaban J connectivity index is 1.41. The molecule has 25 heavy (non-hydrogen) atoms. The van der Waals surface area contributed by atoms with Gasteiger partial charge >= 0.3 is 0 Å². The van der Waals surface area contributed by atoms with E-state index in [2.05, 4.69) is 15.6 Å². The van der Waals surface area contributed by atoms with Crippen molar-refractivity contribution < 1.29 is 14.3 Å². The van der Waals surface area contributed by atoms with Crippen LogP contribution in [0.2, 0.25) is 0 Å². The van der Waals surface area contributed by atoms with Gasteiger partial charge < -0.3 is 15.4 Å². The van der Waals surface area contributed by atoms with E-state index in [4.69, 9.17) is 4.74 Å². The first-order chi connectivity index (χ1) is 12.1. The molecule has 1 aromatic heterocycles. The van der Waals surface area contributed by atoms with Gasteiger partial charge in [0.15, 0.2) is 0 Å². The van der Waals surface area contributed by atoms with Crippen LogP contribution in [-0.4, -0.2) is 23.4 Å². The minimum Gasteiger partial charge on any atom is -0.494 e. The van der Waals surface area contributed by atoms with Gasteiger partial charge in [-0.25, -0.2) is 4.98 Å². The molecule has 2 aromatic rings. The molecule has 0 fully saturated rings. The largest absolute Gasteiger partial charge is 0.494 e. The Bertz CT molecular complexity index is 772. The number of pyridine rings is 1. The summed E-state index contributed by atoms with van der Waals surface area (Å²) >= 11 is 0. The number of hydrogen-bond donors (Lipinski definition) is 2. The topological polar surface area (TPSA) is 80.3 Å². The van der Waals surface area contributed by atoms with Crippen LogP contribution in [0.1, 0.15) is 30.4 Å². The molecule has 6 nitrogen and oxygen atoms in total. The standard InChI is InChI=1S/C19H21N3O3/c1-13-4-8-17(20-12-13)22-18(23)3-2-10-25-15-6-7-16-14(11-15)5-9-19(24)21-16/h4,6-8,11-12H,2-3,5,9-10H2,1H3,(H,21,24)(H,20,22,23). The summed E-state index contributed by atoms with van der Waals surface area (Å²) in [5.41, 5.74) is 2.99. The fourth-order valence-corrected chi connectivity index (χ4v) is 2.62. The number of aryl methyl sites for hydroxylation is 2. The lowest BCUT2D eigenvalue weighted by atomic mass is 10.0. The molecule has 2 amide bonds. The van der Waals surface area contributed by atoms with Crippen molar-refractivity contribution in [2.45, 2.75) is 32.6 Å². The molecule has 0 saturated carbocycles. The van der Waals surface area contributed by atoms with Gasteiger partial charge in [-0.1, -0.05) is 6.07 Å². The van der Waals surface area contributed by atoms with Crippen LogP contribution < -0.4 is 15.4 Å². The lowest BCUT2D eigenvalue weighted by Crippen LogP contribution is -2.18. The number of aromatic nitrogens is 1. The number of amides is 2. The molecule has 0 atom stereocenters. The van der Waals surface area contributed by atoms with Gasteiger partial charge in [-0.3, -0.25) is 9.59 Å². The fourth-order valence-electron chi connectivity index (χ4n) is 2.62. The summed E-state index contributed by atoms with van der Waals surface area (Å²) in [5, 5.41) is 5.61. The van der Waals surface area contributed by atoms with E-state index in [0.29, 0.717) is 31.7 Å². The quantitative estimate of drug-likeness (QED) is 0.793. The lowest BCUT2D eigenvalue weighted by Gasteiger charge is -2.17. The zero-order valence-electron chi connectivity index (χ0n) is 14.2. The predicted molar refractivity (Wildman–Crippen MR) is 95.7 cm³/mol. The van der Waals surface area contributed by atoms with E-state index in [-0.39, 0.29) is 11.8 Å². The maximum Gasteiger partial charge on any atom is 0.225 e. The highest BCUT2D eigenvalue weighted by molar-refractivity contribution is 5.94. The summed E-state index contributed by atoms with van der Waals surface area (Å²) in [5.74, 6) is 1.30. The highest BCUT2D eigenvalue weighted by atomic mass is 16.5. The molecular formula is C19H21N3O3. The van der Waals surface area contributed by atoms with Crippen molar-refractivity contribution in [1.82, 2.24) is 4.98 Å². The number of anilines is 2. The van der Waals surface area contributed by atoms with Gasteiger partial charge in [0.05, 0.1) is 6.61 Å². The molecule has 0 bridgehead atoms. The Labute approximate surface area is 146 Å². The Morgan fingerprint density at radius 2 is 2.16 bits per heavy atom. The minimum atomic E-state index is -0.0758. The third-order valence-corrected chi connectivity index (χ3v) is 3.97. The average Bonchev–Trinajstić information content (AvgIpc) is 2.61. The summed E-state index contributed by atoms with van der Waals surface area (Å²) in [6, 6.07) is 9.34. The van der Waals surface area contributed by atoms with Gasteiger partial charge in [-0.05, 0) is 55.2 Å². The van der Waals surface area contributed by atoms with E-state index in [1.54, 1.807) is 12.3 Å². The van der Waals surface area contributed by atoms with Crippen LogP contribution in [0.3, 0.4) is 0 Å². The number of carbonyl (C=O) groups is 2. The van der Waals surface area contributed by atoms with Crippen LogP contribution in [0.4, 0.5) is 11.5 Å². The molecule has 2 heterocycles. The fraction of sp³-hybridized carbons (Fsp3) is 0.316. The van der Waals surface area contributed by atoms with Gasteiger partial charge in [-0.15, -0.1) is 0 Å². The molecule has 3 rings (SSSR count). The Morgan fingerprint density at radius 1 is 1.28 bits per heavy atom. The monoisotopic (exact) mass is 339 g/mol. The third kappa shape index (κ3) is 4.79. The first kappa shape index (κ1) is 17.0. The van der Waals surface area contributed by atoms with Gasteiger partial charge in [0.25, 0.3) is 0 Å². The van der Waals surface area contributed by atoms with E-state index < -0.39 is 0 Å². The van der Waals surface area contributed by atoms with Crippen LogP contribution in [-0.2, 0) is 16.0 Å². The maximum atomic E-state index is 11.9. The van der Waals surface area contributed by atoms with E-state index >= 15 is 0 Å². The average molecular weight is 339 g/mol. The summed E-state index contributed by atoms with van der Waals surface area (Å²) in [4.78, 5) is 27.4. The molecule has 1 aromatic carbocycles. The smallest absolute Gasteiger partial charge is 0.225 e. The number of hydrogen-bond acceptors (Lipinski definition) is 4. The van der Waals surface area contributed by atoms with Crippen LogP contribution in [0.15, 0.2) is 36.5 Å². The molecule has 6 heteroatoms. The first-order valence-electron chi connectivity index (χ1n) is 8.38. The van der Waals surface area contributed by atoms with Crippen LogP contribution >= 0.6 is 0 Å². The molecular weight excluding hydrogens is 318 g/mol. The highest BCUT2D eigenvalue weighted by Gasteiger charge is 2.15. The van der Waals surface area contributed by atoms with Gasteiger partial charge in [0.2, 0.25) is 11.8 Å². The van der Waals surface area contributed by atoms with E-state index in [1.165, 1.54) is 0 Å². The van der Waals surface area contributed by atoms with Gasteiger partial charge in [0.1, 0.15) is 11.6 Å². The Hall–Kier alpha value is -2.89. The molecule has 130 valence electrons. The minimum absolute atomic E-state index is 0.0512. The van der Waals surface area contributed by atoms with Crippen molar-refractivity contribution >= 4 is 23.3 Å². The van der Waals surface area contributed by atoms with E-state index in [0.717, 1.165) is 29.0 Å². The summed E-state index contributed by atoms with van der Waals surface area (Å²) in [6.07, 6.45) is 3.94. The number of fused-ring (bicyclic) bond motifs is 1. The van der Waals surface area contributed by atoms with Gasteiger partial charge in [0, 0.05) is 24.7 Å². The normalized spacial score (nSPS) is 12.9. The number of nitrogens with zero attached hydrogens (tertiary/aromatic N) is 1. The number of carbonyl (C=O) groups excluding carboxylic acids is 2. The molecule has 0 radical (unpaired) electrons. The van der Waals surface area contributed by atoms with E-state index in [9.17, 15) is 9.59 Å². The van der Waals surface area contributed by atoms with Crippen LogP contribution in [0.25, 0.3) is 0 Å². The van der Waals surface area contributed by atoms with Crippen molar-refractivity contribution in [3.8, 4) is 5.75 Å². The maximum absolute atomic E-state index is 11.9. The SMILES string of the molecule is Cc1ccc(NC(=O)CCCOc2ccc3c(c2)CCC(=O)N3)nc1. The first-order valence-corrected chi connectivity index (χ1v) is 8.38. The molecule has 0 unspecified atom stereocenters. The van der Waals surface area contributed by atoms with Gasteiger partial charge in [-0.2, -0.15) is 0 Å². The molecule has 1 aliphatic heterocycles. The molecule has 0 spiro atoms. The number of nitrogens with one attached hydrogen (secondary N) is 2. The second kappa shape index (κ2) is 7.79. The van der Waals surface area contributed by atoms with Crippen LogP contribution in [0.5, 0.6) is 5.75 Å². The molecule has 2 N–H and O–H groups in total. The van der Waals surface area contributed by atoms with Crippen molar-refractivity contribution in [1.29, 1.82) is 0 Å². The third-order valence-electron chi connectivity index (χ3n) is 3.97. The van der Waals surface area contributed by atoms with Crippen molar-refractivity contribution in [3.63, 3.8) is 0 Å². The number of ether oxygens (including phenoxy) is 1. The van der Waals surface area contributed by atoms with Crippen molar-refractivity contribution in [3.05, 3.63) is 47.7 Å². The second-order valence-electron chi connectivity index (χ2n) is 6.09. The molecule has 0 aliphatic carbocycles. The second-order valence-corrected chi connectivity index (χ2v) is 6.09. The number of benzene rings is 1.